The van der Waals surface area contributed by atoms with E-state index in [1.807, 2.05) is 4.90 Å². The number of carboxylic acids is 1. The highest BCUT2D eigenvalue weighted by Crippen LogP contribution is 2.10. The summed E-state index contributed by atoms with van der Waals surface area (Å²) in [5.41, 5.74) is -0.00245. The first-order valence-electron chi connectivity index (χ1n) is 6.89. The van der Waals surface area contributed by atoms with Gasteiger partial charge in [-0.25, -0.2) is 9.78 Å². The summed E-state index contributed by atoms with van der Waals surface area (Å²) >= 11 is 0. The van der Waals surface area contributed by atoms with Crippen LogP contribution in [0.1, 0.15) is 36.2 Å². The van der Waals surface area contributed by atoms with Crippen molar-refractivity contribution in [3.63, 3.8) is 0 Å². The first-order chi connectivity index (χ1) is 9.66. The first-order valence-corrected chi connectivity index (χ1v) is 6.89. The molecule has 1 aromatic rings. The van der Waals surface area contributed by atoms with Gasteiger partial charge in [-0.05, 0) is 31.4 Å². The van der Waals surface area contributed by atoms with E-state index in [4.69, 9.17) is 5.11 Å². The summed E-state index contributed by atoms with van der Waals surface area (Å²) in [4.78, 5) is 28.6. The Hall–Kier alpha value is -2.11. The monoisotopic (exact) mass is 277 g/mol. The van der Waals surface area contributed by atoms with Crippen LogP contribution >= 0.6 is 0 Å². The number of aromatic carboxylic acids is 1. The summed E-state index contributed by atoms with van der Waals surface area (Å²) in [5.74, 6) is -0.430. The van der Waals surface area contributed by atoms with E-state index in [0.717, 1.165) is 25.9 Å². The lowest BCUT2D eigenvalue weighted by Gasteiger charge is -2.26. The Morgan fingerprint density at radius 3 is 2.70 bits per heavy atom. The zero-order valence-electron chi connectivity index (χ0n) is 11.3. The fourth-order valence-electron chi connectivity index (χ4n) is 2.25. The minimum absolute atomic E-state index is 0.00245. The van der Waals surface area contributed by atoms with Crippen molar-refractivity contribution >= 4 is 17.7 Å². The summed E-state index contributed by atoms with van der Waals surface area (Å²) < 4.78 is 0. The molecule has 0 atom stereocenters. The standard InChI is InChI=1S/C14H19N3O3/c18-13(17-9-2-1-3-10-17)7-8-15-12-6-4-5-11(16-12)14(19)20/h4-6H,1-3,7-10H2,(H,15,16)(H,19,20). The molecule has 1 aromatic heterocycles. The van der Waals surface area contributed by atoms with Crippen LogP contribution in [0.2, 0.25) is 0 Å². The zero-order chi connectivity index (χ0) is 14.4. The minimum atomic E-state index is -1.06. The molecule has 0 unspecified atom stereocenters. The molecule has 1 amide bonds. The van der Waals surface area contributed by atoms with Crippen LogP contribution in [0.5, 0.6) is 0 Å². The molecule has 6 heteroatoms. The number of carbonyl (C=O) groups is 2. The number of carbonyl (C=O) groups excluding carboxylic acids is 1. The number of pyridine rings is 1. The maximum Gasteiger partial charge on any atom is 0.354 e. The molecule has 1 aliphatic rings. The number of anilines is 1. The average Bonchev–Trinajstić information content (AvgIpc) is 2.48. The first kappa shape index (κ1) is 14.3. The topological polar surface area (TPSA) is 82.5 Å². The van der Waals surface area contributed by atoms with Gasteiger partial charge in [0.2, 0.25) is 5.91 Å². The summed E-state index contributed by atoms with van der Waals surface area (Å²) in [5, 5.41) is 11.8. The predicted octanol–water partition coefficient (Wildman–Crippen LogP) is 1.59. The molecule has 2 heterocycles. The van der Waals surface area contributed by atoms with E-state index in [9.17, 15) is 9.59 Å². The molecule has 0 aliphatic carbocycles. The van der Waals surface area contributed by atoms with Gasteiger partial charge in [0.1, 0.15) is 5.82 Å². The van der Waals surface area contributed by atoms with Gasteiger partial charge in [0.05, 0.1) is 0 Å². The van der Waals surface area contributed by atoms with Crippen LogP contribution in [0.25, 0.3) is 0 Å². The number of likely N-dealkylation sites (tertiary alicyclic amines) is 1. The quantitative estimate of drug-likeness (QED) is 0.854. The number of hydrogen-bond acceptors (Lipinski definition) is 4. The molecule has 0 spiro atoms. The molecule has 0 bridgehead atoms. The molecule has 0 saturated carbocycles. The third kappa shape index (κ3) is 3.94. The average molecular weight is 277 g/mol. The third-order valence-electron chi connectivity index (χ3n) is 3.32. The van der Waals surface area contributed by atoms with Gasteiger partial charge < -0.3 is 15.3 Å². The maximum absolute atomic E-state index is 11.9. The van der Waals surface area contributed by atoms with Gasteiger partial charge in [0, 0.05) is 26.1 Å². The van der Waals surface area contributed by atoms with E-state index in [0.29, 0.717) is 18.8 Å². The van der Waals surface area contributed by atoms with E-state index in [1.165, 1.54) is 12.5 Å². The highest BCUT2D eigenvalue weighted by Gasteiger charge is 2.15. The zero-order valence-corrected chi connectivity index (χ0v) is 11.3. The van der Waals surface area contributed by atoms with Crippen molar-refractivity contribution in [2.24, 2.45) is 0 Å². The van der Waals surface area contributed by atoms with Crippen LogP contribution in [0, 0.1) is 0 Å². The Morgan fingerprint density at radius 1 is 1.25 bits per heavy atom. The molecule has 2 rings (SSSR count). The largest absolute Gasteiger partial charge is 0.477 e. The van der Waals surface area contributed by atoms with Crippen LogP contribution < -0.4 is 5.32 Å². The fourth-order valence-corrected chi connectivity index (χ4v) is 2.25. The summed E-state index contributed by atoms with van der Waals surface area (Å²) in [7, 11) is 0. The Bertz CT molecular complexity index is 484. The normalized spacial score (nSPS) is 14.9. The second-order valence-electron chi connectivity index (χ2n) is 4.83. The predicted molar refractivity (Wildman–Crippen MR) is 74.7 cm³/mol. The number of nitrogens with one attached hydrogen (secondary N) is 1. The Morgan fingerprint density at radius 2 is 2.00 bits per heavy atom. The lowest BCUT2D eigenvalue weighted by atomic mass is 10.1. The summed E-state index contributed by atoms with van der Waals surface area (Å²) in [6.45, 7) is 2.17. The van der Waals surface area contributed by atoms with Crippen LogP contribution in [0.3, 0.4) is 0 Å². The molecular weight excluding hydrogens is 258 g/mol. The van der Waals surface area contributed by atoms with E-state index < -0.39 is 5.97 Å². The molecule has 0 radical (unpaired) electrons. The van der Waals surface area contributed by atoms with Gasteiger partial charge in [-0.3, -0.25) is 4.79 Å². The van der Waals surface area contributed by atoms with Crippen molar-refractivity contribution in [3.05, 3.63) is 23.9 Å². The Labute approximate surface area is 117 Å². The smallest absolute Gasteiger partial charge is 0.354 e. The molecule has 1 saturated heterocycles. The minimum Gasteiger partial charge on any atom is -0.477 e. The van der Waals surface area contributed by atoms with Gasteiger partial charge in [0.15, 0.2) is 5.69 Å². The number of carboxylic acid groups (broad SMARTS) is 1. The number of piperidine rings is 1. The molecule has 6 nitrogen and oxygen atoms in total. The number of aromatic nitrogens is 1. The Balaban J connectivity index is 1.79. The van der Waals surface area contributed by atoms with Crippen LogP contribution in [0.15, 0.2) is 18.2 Å². The summed E-state index contributed by atoms with van der Waals surface area (Å²) in [6, 6.07) is 4.76. The van der Waals surface area contributed by atoms with Crippen molar-refractivity contribution in [3.8, 4) is 0 Å². The van der Waals surface area contributed by atoms with Gasteiger partial charge >= 0.3 is 5.97 Å². The summed E-state index contributed by atoms with van der Waals surface area (Å²) in [6.07, 6.45) is 3.77. The number of amides is 1. The molecule has 2 N–H and O–H groups in total. The fraction of sp³-hybridized carbons (Fsp3) is 0.500. The molecular formula is C14H19N3O3. The van der Waals surface area contributed by atoms with Crippen molar-refractivity contribution in [1.29, 1.82) is 0 Å². The SMILES string of the molecule is O=C(O)c1cccc(NCCC(=O)N2CCCCC2)n1. The number of nitrogens with zero attached hydrogens (tertiary/aromatic N) is 2. The van der Waals surface area contributed by atoms with Gasteiger partial charge in [-0.2, -0.15) is 0 Å². The van der Waals surface area contributed by atoms with E-state index in [-0.39, 0.29) is 11.6 Å². The number of hydrogen-bond donors (Lipinski definition) is 2. The van der Waals surface area contributed by atoms with Crippen molar-refractivity contribution < 1.29 is 14.7 Å². The highest BCUT2D eigenvalue weighted by atomic mass is 16.4. The molecule has 1 fully saturated rings. The maximum atomic E-state index is 11.9. The van der Waals surface area contributed by atoms with Crippen molar-refractivity contribution in [2.45, 2.75) is 25.7 Å². The molecule has 1 aliphatic heterocycles. The lowest BCUT2D eigenvalue weighted by molar-refractivity contribution is -0.131. The van der Waals surface area contributed by atoms with Gasteiger partial charge in [-0.1, -0.05) is 6.07 Å². The van der Waals surface area contributed by atoms with E-state index in [1.54, 1.807) is 12.1 Å². The molecule has 0 aromatic carbocycles. The van der Waals surface area contributed by atoms with Gasteiger partial charge in [0.25, 0.3) is 0 Å². The van der Waals surface area contributed by atoms with Crippen molar-refractivity contribution in [2.75, 3.05) is 25.0 Å². The van der Waals surface area contributed by atoms with Crippen LogP contribution in [-0.2, 0) is 4.79 Å². The molecule has 20 heavy (non-hydrogen) atoms. The van der Waals surface area contributed by atoms with Gasteiger partial charge in [-0.15, -0.1) is 0 Å². The second kappa shape index (κ2) is 6.88. The van der Waals surface area contributed by atoms with E-state index in [2.05, 4.69) is 10.3 Å². The van der Waals surface area contributed by atoms with Crippen LogP contribution in [-0.4, -0.2) is 46.5 Å². The Kier molecular flexibility index (Phi) is 4.92. The van der Waals surface area contributed by atoms with E-state index >= 15 is 0 Å². The number of rotatable bonds is 5. The van der Waals surface area contributed by atoms with Crippen molar-refractivity contribution in [1.82, 2.24) is 9.88 Å². The second-order valence-corrected chi connectivity index (χ2v) is 4.83. The van der Waals surface area contributed by atoms with Crippen LogP contribution in [0.4, 0.5) is 5.82 Å². The lowest BCUT2D eigenvalue weighted by Crippen LogP contribution is -2.36. The molecule has 108 valence electrons. The third-order valence-corrected chi connectivity index (χ3v) is 3.32. The highest BCUT2D eigenvalue weighted by molar-refractivity contribution is 5.85.